The highest BCUT2D eigenvalue weighted by molar-refractivity contribution is 9.10. The van der Waals surface area contributed by atoms with E-state index in [2.05, 4.69) is 20.7 Å². The molecule has 0 saturated carbocycles. The number of piperidine rings is 1. The summed E-state index contributed by atoms with van der Waals surface area (Å²) in [6, 6.07) is 4.96. The first-order chi connectivity index (χ1) is 9.42. The summed E-state index contributed by atoms with van der Waals surface area (Å²) in [7, 11) is -3.53. The van der Waals surface area contributed by atoms with Crippen molar-refractivity contribution in [2.45, 2.75) is 12.8 Å². The summed E-state index contributed by atoms with van der Waals surface area (Å²) in [5.41, 5.74) is 6.07. The van der Waals surface area contributed by atoms with Gasteiger partial charge in [-0.3, -0.25) is 4.72 Å². The second kappa shape index (κ2) is 6.62. The normalized spacial score (nSPS) is 18.1. The Bertz CT molecular complexity index is 574. The number of anilines is 1. The zero-order valence-corrected chi connectivity index (χ0v) is 14.0. The molecule has 0 spiro atoms. The van der Waals surface area contributed by atoms with Crippen LogP contribution in [-0.2, 0) is 10.2 Å². The zero-order valence-electron chi connectivity index (χ0n) is 10.9. The van der Waals surface area contributed by atoms with Crippen LogP contribution in [0.25, 0.3) is 0 Å². The lowest BCUT2D eigenvalue weighted by molar-refractivity contribution is 0.280. The van der Waals surface area contributed by atoms with Gasteiger partial charge in [0.1, 0.15) is 0 Å². The third-order valence-electron chi connectivity index (χ3n) is 3.41. The van der Waals surface area contributed by atoms with Gasteiger partial charge in [0.25, 0.3) is 0 Å². The van der Waals surface area contributed by atoms with Gasteiger partial charge in [0, 0.05) is 17.6 Å². The van der Waals surface area contributed by atoms with E-state index in [1.54, 1.807) is 18.2 Å². The van der Waals surface area contributed by atoms with E-state index in [1.165, 1.54) is 4.31 Å². The van der Waals surface area contributed by atoms with Gasteiger partial charge in [0.15, 0.2) is 0 Å². The van der Waals surface area contributed by atoms with Gasteiger partial charge in [-0.25, -0.2) is 0 Å². The van der Waals surface area contributed by atoms with Crippen LogP contribution < -0.4 is 10.5 Å². The Balaban J connectivity index is 2.05. The van der Waals surface area contributed by atoms with Crippen molar-refractivity contribution in [3.05, 3.63) is 27.7 Å². The van der Waals surface area contributed by atoms with E-state index in [9.17, 15) is 8.42 Å². The van der Waals surface area contributed by atoms with Crippen molar-refractivity contribution < 1.29 is 8.42 Å². The minimum absolute atomic E-state index is 0.420. The van der Waals surface area contributed by atoms with Gasteiger partial charge in [0.2, 0.25) is 0 Å². The molecule has 1 aromatic rings. The molecule has 0 atom stereocenters. The Morgan fingerprint density at radius 3 is 2.60 bits per heavy atom. The first-order valence-electron chi connectivity index (χ1n) is 6.35. The van der Waals surface area contributed by atoms with Gasteiger partial charge in [-0.15, -0.1) is 0 Å². The quantitative estimate of drug-likeness (QED) is 0.840. The molecule has 3 N–H and O–H groups in total. The number of nitrogens with zero attached hydrogens (tertiary/aromatic N) is 1. The Morgan fingerprint density at radius 2 is 2.05 bits per heavy atom. The zero-order chi connectivity index (χ0) is 14.8. The fourth-order valence-corrected chi connectivity index (χ4v) is 3.83. The van der Waals surface area contributed by atoms with E-state index < -0.39 is 10.2 Å². The van der Waals surface area contributed by atoms with Crippen LogP contribution in [0.1, 0.15) is 12.8 Å². The number of benzene rings is 1. The maximum absolute atomic E-state index is 12.3. The summed E-state index contributed by atoms with van der Waals surface area (Å²) in [5, 5.41) is 0.465. The number of rotatable bonds is 4. The molecule has 1 aliphatic rings. The van der Waals surface area contributed by atoms with Crippen LogP contribution in [0.5, 0.6) is 0 Å². The number of hydrogen-bond acceptors (Lipinski definition) is 3. The fraction of sp³-hybridized carbons (Fsp3) is 0.500. The molecule has 1 saturated heterocycles. The predicted octanol–water partition coefficient (Wildman–Crippen LogP) is 2.43. The summed E-state index contributed by atoms with van der Waals surface area (Å²) in [6.45, 7) is 1.62. The summed E-state index contributed by atoms with van der Waals surface area (Å²) in [5.74, 6) is 0.420. The van der Waals surface area contributed by atoms with E-state index in [0.717, 1.165) is 17.3 Å². The Morgan fingerprint density at radius 1 is 1.40 bits per heavy atom. The fourth-order valence-electron chi connectivity index (χ4n) is 2.16. The molecule has 0 bridgehead atoms. The summed E-state index contributed by atoms with van der Waals surface area (Å²) in [4.78, 5) is 0. The highest BCUT2D eigenvalue weighted by Gasteiger charge is 2.27. The van der Waals surface area contributed by atoms with Crippen molar-refractivity contribution in [3.63, 3.8) is 0 Å². The van der Waals surface area contributed by atoms with E-state index in [0.29, 0.717) is 36.3 Å². The SMILES string of the molecule is NCC1CCN(S(=O)(=O)Nc2ccc(Br)c(Cl)c2)CC1. The van der Waals surface area contributed by atoms with Crippen LogP contribution in [0, 0.1) is 5.92 Å². The molecular weight excluding hydrogens is 366 g/mol. The van der Waals surface area contributed by atoms with Crippen LogP contribution in [0.2, 0.25) is 5.02 Å². The Hall–Kier alpha value is -0.340. The number of nitrogens with one attached hydrogen (secondary N) is 1. The van der Waals surface area contributed by atoms with Gasteiger partial charge < -0.3 is 5.73 Å². The maximum Gasteiger partial charge on any atom is 0.301 e. The van der Waals surface area contributed by atoms with Crippen molar-refractivity contribution in [2.75, 3.05) is 24.4 Å². The lowest BCUT2D eigenvalue weighted by Crippen LogP contribution is -2.42. The molecule has 0 aliphatic carbocycles. The molecule has 0 radical (unpaired) electrons. The van der Waals surface area contributed by atoms with Crippen LogP contribution in [0.3, 0.4) is 0 Å². The summed E-state index contributed by atoms with van der Waals surface area (Å²) in [6.07, 6.45) is 1.61. The van der Waals surface area contributed by atoms with Crippen LogP contribution in [0.4, 0.5) is 5.69 Å². The second-order valence-electron chi connectivity index (χ2n) is 4.81. The highest BCUT2D eigenvalue weighted by Crippen LogP contribution is 2.27. The average molecular weight is 383 g/mol. The molecule has 1 fully saturated rings. The molecule has 1 heterocycles. The number of nitrogens with two attached hydrogens (primary N) is 1. The van der Waals surface area contributed by atoms with Crippen LogP contribution in [0.15, 0.2) is 22.7 Å². The Kier molecular flexibility index (Phi) is 5.30. The van der Waals surface area contributed by atoms with Crippen molar-refractivity contribution in [3.8, 4) is 0 Å². The molecule has 20 heavy (non-hydrogen) atoms. The van der Waals surface area contributed by atoms with Crippen molar-refractivity contribution in [2.24, 2.45) is 11.7 Å². The summed E-state index contributed by atoms with van der Waals surface area (Å²) < 4.78 is 29.3. The molecule has 0 unspecified atom stereocenters. The van der Waals surface area contributed by atoms with E-state index in [4.69, 9.17) is 17.3 Å². The van der Waals surface area contributed by atoms with E-state index >= 15 is 0 Å². The standard InChI is InChI=1S/C12H17BrClN3O2S/c13-11-2-1-10(7-12(11)14)16-20(18,19)17-5-3-9(8-15)4-6-17/h1-2,7,9,16H,3-6,8,15H2. The average Bonchev–Trinajstić information content (AvgIpc) is 2.43. The molecule has 112 valence electrons. The largest absolute Gasteiger partial charge is 0.330 e. The number of halogens is 2. The lowest BCUT2D eigenvalue weighted by Gasteiger charge is -2.30. The summed E-state index contributed by atoms with van der Waals surface area (Å²) >= 11 is 9.23. The van der Waals surface area contributed by atoms with Gasteiger partial charge in [-0.05, 0) is 59.4 Å². The van der Waals surface area contributed by atoms with Gasteiger partial charge in [-0.2, -0.15) is 12.7 Å². The molecule has 1 aromatic carbocycles. The predicted molar refractivity (Wildman–Crippen MR) is 85.0 cm³/mol. The minimum atomic E-state index is -3.53. The van der Waals surface area contributed by atoms with Gasteiger partial charge >= 0.3 is 10.2 Å². The van der Waals surface area contributed by atoms with Crippen LogP contribution in [-0.4, -0.2) is 32.4 Å². The molecule has 0 aromatic heterocycles. The molecule has 8 heteroatoms. The third kappa shape index (κ3) is 3.85. The first kappa shape index (κ1) is 16.0. The Labute approximate surface area is 132 Å². The third-order valence-corrected chi connectivity index (χ3v) is 6.18. The van der Waals surface area contributed by atoms with Crippen LogP contribution >= 0.6 is 27.5 Å². The van der Waals surface area contributed by atoms with Crippen molar-refractivity contribution in [1.82, 2.24) is 4.31 Å². The minimum Gasteiger partial charge on any atom is -0.330 e. The first-order valence-corrected chi connectivity index (χ1v) is 8.96. The second-order valence-corrected chi connectivity index (χ2v) is 7.75. The topological polar surface area (TPSA) is 75.4 Å². The highest BCUT2D eigenvalue weighted by atomic mass is 79.9. The maximum atomic E-state index is 12.3. The van der Waals surface area contributed by atoms with Crippen molar-refractivity contribution in [1.29, 1.82) is 0 Å². The van der Waals surface area contributed by atoms with Crippen molar-refractivity contribution >= 4 is 43.4 Å². The van der Waals surface area contributed by atoms with Gasteiger partial charge in [0.05, 0.1) is 10.7 Å². The molecule has 2 rings (SSSR count). The smallest absolute Gasteiger partial charge is 0.301 e. The molecular formula is C12H17BrClN3O2S. The molecule has 0 amide bonds. The molecule has 5 nitrogen and oxygen atoms in total. The lowest BCUT2D eigenvalue weighted by atomic mass is 9.99. The molecule has 1 aliphatic heterocycles. The monoisotopic (exact) mass is 381 g/mol. The number of hydrogen-bond donors (Lipinski definition) is 2. The van der Waals surface area contributed by atoms with E-state index in [-0.39, 0.29) is 0 Å². The van der Waals surface area contributed by atoms with E-state index in [1.807, 2.05) is 0 Å². The van der Waals surface area contributed by atoms with Gasteiger partial charge in [-0.1, -0.05) is 11.6 Å².